The van der Waals surface area contributed by atoms with Crippen molar-refractivity contribution in [3.05, 3.63) is 24.5 Å². The third-order valence-corrected chi connectivity index (χ3v) is 2.68. The Labute approximate surface area is 89.5 Å². The Bertz CT molecular complexity index is 331. The first kappa shape index (κ1) is 9.96. The highest BCUT2D eigenvalue weighted by atomic mass is 16.2. The van der Waals surface area contributed by atoms with Crippen molar-refractivity contribution < 1.29 is 4.79 Å². The largest absolute Gasteiger partial charge is 0.367 e. The highest BCUT2D eigenvalue weighted by molar-refractivity contribution is 5.73. The second-order valence-electron chi connectivity index (χ2n) is 3.64. The minimum atomic E-state index is 0.160. The predicted octanol–water partition coefficient (Wildman–Crippen LogP) is 0.550. The van der Waals surface area contributed by atoms with Gasteiger partial charge in [-0.2, -0.15) is 0 Å². The summed E-state index contributed by atoms with van der Waals surface area (Å²) >= 11 is 0. The van der Waals surface area contributed by atoms with Gasteiger partial charge in [0.05, 0.1) is 11.9 Å². The average molecular weight is 204 g/mol. The minimum Gasteiger partial charge on any atom is -0.367 e. The molecular formula is C11H14N3O. The summed E-state index contributed by atoms with van der Waals surface area (Å²) in [5, 5.41) is 0. The van der Waals surface area contributed by atoms with E-state index in [0.717, 1.165) is 31.9 Å². The zero-order chi connectivity index (χ0) is 10.7. The summed E-state index contributed by atoms with van der Waals surface area (Å²) in [6, 6.07) is 4.89. The lowest BCUT2D eigenvalue weighted by Gasteiger charge is -2.35. The Morgan fingerprint density at radius 1 is 1.40 bits per heavy atom. The van der Waals surface area contributed by atoms with Crippen molar-refractivity contribution >= 4 is 11.6 Å². The molecule has 1 aromatic rings. The molecule has 0 unspecified atom stereocenters. The molecule has 0 spiro atoms. The van der Waals surface area contributed by atoms with Gasteiger partial charge in [0.1, 0.15) is 0 Å². The number of amides is 1. The zero-order valence-corrected chi connectivity index (χ0v) is 8.81. The predicted molar refractivity (Wildman–Crippen MR) is 57.5 cm³/mol. The van der Waals surface area contributed by atoms with Gasteiger partial charge in [0.2, 0.25) is 5.91 Å². The third kappa shape index (κ3) is 2.26. The molecule has 0 N–H and O–H groups in total. The highest BCUT2D eigenvalue weighted by Crippen LogP contribution is 2.13. The van der Waals surface area contributed by atoms with Gasteiger partial charge in [-0.05, 0) is 6.07 Å². The number of piperazine rings is 1. The van der Waals surface area contributed by atoms with Gasteiger partial charge in [-0.15, -0.1) is 0 Å². The van der Waals surface area contributed by atoms with Crippen LogP contribution in [-0.4, -0.2) is 42.0 Å². The van der Waals surface area contributed by atoms with E-state index in [4.69, 9.17) is 0 Å². The Morgan fingerprint density at radius 2 is 2.13 bits per heavy atom. The van der Waals surface area contributed by atoms with Gasteiger partial charge in [-0.25, -0.2) is 0 Å². The third-order valence-electron chi connectivity index (χ3n) is 2.68. The molecule has 0 aliphatic carbocycles. The molecule has 1 radical (unpaired) electrons. The van der Waals surface area contributed by atoms with Crippen LogP contribution in [-0.2, 0) is 4.79 Å². The van der Waals surface area contributed by atoms with Crippen LogP contribution >= 0.6 is 0 Å². The molecule has 1 amide bonds. The number of hydrogen-bond acceptors (Lipinski definition) is 3. The molecule has 79 valence electrons. The molecule has 1 aliphatic rings. The van der Waals surface area contributed by atoms with Crippen LogP contribution in [0.15, 0.2) is 18.5 Å². The number of rotatable bonds is 1. The van der Waals surface area contributed by atoms with E-state index in [0.29, 0.717) is 0 Å². The van der Waals surface area contributed by atoms with Crippen molar-refractivity contribution in [2.45, 2.75) is 6.92 Å². The van der Waals surface area contributed by atoms with E-state index in [1.54, 1.807) is 13.1 Å². The highest BCUT2D eigenvalue weighted by Gasteiger charge is 2.18. The van der Waals surface area contributed by atoms with E-state index in [9.17, 15) is 4.79 Å². The quantitative estimate of drug-likeness (QED) is 0.670. The lowest BCUT2D eigenvalue weighted by Crippen LogP contribution is -2.48. The topological polar surface area (TPSA) is 36.4 Å². The maximum Gasteiger partial charge on any atom is 0.219 e. The number of nitrogens with zero attached hydrogens (tertiary/aromatic N) is 3. The molecule has 1 saturated heterocycles. The fourth-order valence-corrected chi connectivity index (χ4v) is 1.77. The van der Waals surface area contributed by atoms with Crippen LogP contribution in [0.5, 0.6) is 0 Å². The first-order valence-electron chi connectivity index (χ1n) is 5.09. The lowest BCUT2D eigenvalue weighted by atomic mass is 10.3. The molecule has 1 aromatic heterocycles. The Balaban J connectivity index is 1.97. The minimum absolute atomic E-state index is 0.160. The van der Waals surface area contributed by atoms with Crippen molar-refractivity contribution in [1.82, 2.24) is 9.88 Å². The van der Waals surface area contributed by atoms with Crippen molar-refractivity contribution in [1.29, 1.82) is 0 Å². The molecular weight excluding hydrogens is 190 g/mol. The van der Waals surface area contributed by atoms with E-state index in [1.165, 1.54) is 0 Å². The smallest absolute Gasteiger partial charge is 0.219 e. The summed E-state index contributed by atoms with van der Waals surface area (Å²) in [6.45, 7) is 4.96. The van der Waals surface area contributed by atoms with Gasteiger partial charge in [0.25, 0.3) is 0 Å². The van der Waals surface area contributed by atoms with Crippen LogP contribution in [0, 0.1) is 6.07 Å². The number of hydrogen-bond donors (Lipinski definition) is 0. The summed E-state index contributed by atoms with van der Waals surface area (Å²) in [5.74, 6) is 0.160. The van der Waals surface area contributed by atoms with E-state index in [-0.39, 0.29) is 5.91 Å². The van der Waals surface area contributed by atoms with Crippen LogP contribution in [0.1, 0.15) is 6.92 Å². The Morgan fingerprint density at radius 3 is 2.67 bits per heavy atom. The van der Waals surface area contributed by atoms with Crippen molar-refractivity contribution in [3.63, 3.8) is 0 Å². The molecule has 2 heterocycles. The molecule has 0 bridgehead atoms. The van der Waals surface area contributed by atoms with Gasteiger partial charge in [-0.1, -0.05) is 0 Å². The molecule has 2 rings (SSSR count). The number of aromatic nitrogens is 1. The first-order chi connectivity index (χ1) is 7.27. The number of carbonyl (C=O) groups is 1. The Hall–Kier alpha value is -1.58. The van der Waals surface area contributed by atoms with Gasteiger partial charge >= 0.3 is 0 Å². The summed E-state index contributed by atoms with van der Waals surface area (Å²) in [6.07, 6.45) is 3.48. The van der Waals surface area contributed by atoms with Crippen LogP contribution in [0.3, 0.4) is 0 Å². The molecule has 0 saturated carbocycles. The first-order valence-corrected chi connectivity index (χ1v) is 5.09. The lowest BCUT2D eigenvalue weighted by molar-refractivity contribution is -0.129. The summed E-state index contributed by atoms with van der Waals surface area (Å²) < 4.78 is 0. The van der Waals surface area contributed by atoms with Crippen LogP contribution in [0.2, 0.25) is 0 Å². The number of anilines is 1. The van der Waals surface area contributed by atoms with Crippen molar-refractivity contribution in [3.8, 4) is 0 Å². The summed E-state index contributed by atoms with van der Waals surface area (Å²) in [7, 11) is 0. The van der Waals surface area contributed by atoms with E-state index in [1.807, 2.05) is 17.2 Å². The molecule has 0 aromatic carbocycles. The van der Waals surface area contributed by atoms with Gasteiger partial charge in [0.15, 0.2) is 0 Å². The van der Waals surface area contributed by atoms with E-state index in [2.05, 4.69) is 16.0 Å². The molecule has 15 heavy (non-hydrogen) atoms. The molecule has 1 aliphatic heterocycles. The second kappa shape index (κ2) is 4.29. The molecule has 4 heteroatoms. The number of pyridine rings is 1. The average Bonchev–Trinajstić information content (AvgIpc) is 2.30. The fraction of sp³-hybridized carbons (Fsp3) is 0.455. The SMILES string of the molecule is CC(=O)N1CCN(c2c[c]cnc2)CC1. The Kier molecular flexibility index (Phi) is 2.85. The fourth-order valence-electron chi connectivity index (χ4n) is 1.77. The maximum absolute atomic E-state index is 11.1. The van der Waals surface area contributed by atoms with E-state index >= 15 is 0 Å². The molecule has 1 fully saturated rings. The molecule has 0 atom stereocenters. The van der Waals surface area contributed by atoms with Crippen LogP contribution < -0.4 is 4.90 Å². The normalized spacial score (nSPS) is 16.6. The van der Waals surface area contributed by atoms with Crippen LogP contribution in [0.4, 0.5) is 5.69 Å². The van der Waals surface area contributed by atoms with Crippen molar-refractivity contribution in [2.75, 3.05) is 31.1 Å². The van der Waals surface area contributed by atoms with Gasteiger partial charge < -0.3 is 9.80 Å². The number of carbonyl (C=O) groups excluding carboxylic acids is 1. The molecule has 4 nitrogen and oxygen atoms in total. The second-order valence-corrected chi connectivity index (χ2v) is 3.64. The standard InChI is InChI=1S/C11H14N3O/c1-10(15)13-5-7-14(8-6-13)11-3-2-4-12-9-11/h3-4,9H,5-8H2,1H3. The maximum atomic E-state index is 11.1. The summed E-state index contributed by atoms with van der Waals surface area (Å²) in [5.41, 5.74) is 1.08. The monoisotopic (exact) mass is 204 g/mol. The zero-order valence-electron chi connectivity index (χ0n) is 8.81. The van der Waals surface area contributed by atoms with Gasteiger partial charge in [-0.3, -0.25) is 9.78 Å². The van der Waals surface area contributed by atoms with Gasteiger partial charge in [0, 0.05) is 45.4 Å². The van der Waals surface area contributed by atoms with Crippen molar-refractivity contribution in [2.24, 2.45) is 0 Å². The summed E-state index contributed by atoms with van der Waals surface area (Å²) in [4.78, 5) is 19.3. The van der Waals surface area contributed by atoms with Crippen LogP contribution in [0.25, 0.3) is 0 Å². The van der Waals surface area contributed by atoms with E-state index < -0.39 is 0 Å².